The van der Waals surface area contributed by atoms with Crippen molar-refractivity contribution in [2.24, 2.45) is 7.05 Å². The van der Waals surface area contributed by atoms with Crippen LogP contribution in [-0.2, 0) is 18.4 Å². The van der Waals surface area contributed by atoms with Crippen molar-refractivity contribution in [3.8, 4) is 5.75 Å². The van der Waals surface area contributed by atoms with Crippen molar-refractivity contribution in [1.82, 2.24) is 14.8 Å². The third-order valence-corrected chi connectivity index (χ3v) is 6.09. The predicted octanol–water partition coefficient (Wildman–Crippen LogP) is 5.29. The first-order valence-corrected chi connectivity index (χ1v) is 11.2. The van der Waals surface area contributed by atoms with E-state index in [1.807, 2.05) is 24.3 Å². The molecule has 1 heterocycles. The second-order valence-corrected chi connectivity index (χ2v) is 8.85. The summed E-state index contributed by atoms with van der Waals surface area (Å²) in [5, 5.41) is 11.1. The summed E-state index contributed by atoms with van der Waals surface area (Å²) in [4.78, 5) is 12.2. The maximum atomic E-state index is 13.9. The van der Waals surface area contributed by atoms with Gasteiger partial charge in [-0.2, -0.15) is 0 Å². The van der Waals surface area contributed by atoms with Crippen LogP contribution in [0.5, 0.6) is 5.75 Å². The Hall–Kier alpha value is -2.46. The van der Waals surface area contributed by atoms with Crippen molar-refractivity contribution in [3.63, 3.8) is 0 Å². The van der Waals surface area contributed by atoms with Gasteiger partial charge in [-0.05, 0) is 45.6 Å². The molecule has 31 heavy (non-hydrogen) atoms. The topological polar surface area (TPSA) is 69.0 Å². The summed E-state index contributed by atoms with van der Waals surface area (Å²) in [5.74, 6) is -0.290. The van der Waals surface area contributed by atoms with Crippen LogP contribution in [0.4, 0.5) is 14.5 Å². The minimum atomic E-state index is -0.857. The van der Waals surface area contributed by atoms with E-state index in [9.17, 15) is 13.6 Å². The second kappa shape index (κ2) is 10.2. The Morgan fingerprint density at radius 3 is 2.58 bits per heavy atom. The molecule has 0 fully saturated rings. The van der Waals surface area contributed by atoms with Crippen LogP contribution < -0.4 is 10.1 Å². The number of anilines is 1. The average Bonchev–Trinajstić information content (AvgIpc) is 3.07. The molecule has 3 aromatic rings. The molecule has 1 amide bonds. The summed E-state index contributed by atoms with van der Waals surface area (Å²) < 4.78 is 34.7. The zero-order chi connectivity index (χ0) is 22.5. The van der Waals surface area contributed by atoms with Crippen LogP contribution in [0.25, 0.3) is 0 Å². The van der Waals surface area contributed by atoms with Gasteiger partial charge in [-0.1, -0.05) is 37.7 Å². The van der Waals surface area contributed by atoms with E-state index in [0.29, 0.717) is 23.0 Å². The fourth-order valence-corrected chi connectivity index (χ4v) is 3.90. The molecule has 0 saturated heterocycles. The number of thioether (sulfide) groups is 1. The van der Waals surface area contributed by atoms with Gasteiger partial charge in [0.1, 0.15) is 18.2 Å². The lowest BCUT2D eigenvalue weighted by atomic mass is 10.0. The third kappa shape index (κ3) is 6.04. The number of benzene rings is 2. The van der Waals surface area contributed by atoms with Crippen molar-refractivity contribution >= 4 is 39.3 Å². The molecular weight excluding hydrogens is 490 g/mol. The largest absolute Gasteiger partial charge is 0.486 e. The minimum absolute atomic E-state index is 0.0211. The maximum absolute atomic E-state index is 13.9. The maximum Gasteiger partial charge on any atom is 0.234 e. The molecule has 164 valence electrons. The molecule has 0 aliphatic rings. The molecule has 2 aromatic carbocycles. The third-order valence-electron chi connectivity index (χ3n) is 4.44. The van der Waals surface area contributed by atoms with Crippen LogP contribution >= 0.6 is 27.7 Å². The molecular formula is C21H21BrF2N4O2S. The number of ether oxygens (including phenoxy) is 1. The second-order valence-electron chi connectivity index (χ2n) is 7.05. The SMILES string of the molecule is CC(C)c1ccc(OCc2nnc(SCC(=O)Nc3c(F)cc(F)cc3Br)n2C)cc1. The average molecular weight is 511 g/mol. The van der Waals surface area contributed by atoms with Gasteiger partial charge in [-0.3, -0.25) is 4.79 Å². The molecule has 0 radical (unpaired) electrons. The first kappa shape index (κ1) is 23.2. The standard InChI is InChI=1S/C21H21BrF2N4O2S/c1-12(2)13-4-6-15(7-5-13)30-10-18-26-27-21(28(18)3)31-11-19(29)25-20-16(22)8-14(23)9-17(20)24/h4-9,12H,10-11H2,1-3H3,(H,25,29). The molecule has 6 nitrogen and oxygen atoms in total. The number of aromatic nitrogens is 3. The van der Waals surface area contributed by atoms with Gasteiger partial charge in [-0.25, -0.2) is 8.78 Å². The van der Waals surface area contributed by atoms with Crippen LogP contribution in [0.3, 0.4) is 0 Å². The molecule has 0 unspecified atom stereocenters. The Balaban J connectivity index is 1.55. The molecule has 0 aliphatic carbocycles. The van der Waals surface area contributed by atoms with E-state index in [1.165, 1.54) is 5.56 Å². The van der Waals surface area contributed by atoms with Gasteiger partial charge in [-0.15, -0.1) is 10.2 Å². The van der Waals surface area contributed by atoms with Crippen molar-refractivity contribution in [2.75, 3.05) is 11.1 Å². The van der Waals surface area contributed by atoms with Crippen molar-refractivity contribution in [1.29, 1.82) is 0 Å². The number of nitrogens with one attached hydrogen (secondary N) is 1. The quantitative estimate of drug-likeness (QED) is 0.417. The summed E-state index contributed by atoms with van der Waals surface area (Å²) in [6.45, 7) is 4.48. The molecule has 0 aliphatic heterocycles. The van der Waals surface area contributed by atoms with Crippen molar-refractivity contribution in [2.45, 2.75) is 31.5 Å². The highest BCUT2D eigenvalue weighted by molar-refractivity contribution is 9.10. The predicted molar refractivity (Wildman–Crippen MR) is 119 cm³/mol. The molecule has 0 saturated carbocycles. The number of halogens is 3. The normalized spacial score (nSPS) is 11.1. The van der Waals surface area contributed by atoms with Gasteiger partial charge in [0.15, 0.2) is 16.8 Å². The summed E-state index contributed by atoms with van der Waals surface area (Å²) in [7, 11) is 1.77. The number of rotatable bonds is 8. The van der Waals surface area contributed by atoms with Gasteiger partial charge in [0.2, 0.25) is 5.91 Å². The number of amides is 1. The molecule has 0 bridgehead atoms. The van der Waals surface area contributed by atoms with Gasteiger partial charge >= 0.3 is 0 Å². The first-order valence-electron chi connectivity index (χ1n) is 9.42. The van der Waals surface area contributed by atoms with Crippen LogP contribution in [-0.4, -0.2) is 26.4 Å². The highest BCUT2D eigenvalue weighted by Gasteiger charge is 2.15. The van der Waals surface area contributed by atoms with E-state index >= 15 is 0 Å². The van der Waals surface area contributed by atoms with E-state index in [1.54, 1.807) is 11.6 Å². The number of carbonyl (C=O) groups is 1. The first-order chi connectivity index (χ1) is 14.7. The zero-order valence-electron chi connectivity index (χ0n) is 17.2. The van der Waals surface area contributed by atoms with Gasteiger partial charge < -0.3 is 14.6 Å². The van der Waals surface area contributed by atoms with E-state index in [0.717, 1.165) is 23.6 Å². The fourth-order valence-electron chi connectivity index (χ4n) is 2.66. The molecule has 1 aromatic heterocycles. The number of hydrogen-bond acceptors (Lipinski definition) is 5. The van der Waals surface area contributed by atoms with E-state index < -0.39 is 17.5 Å². The Morgan fingerprint density at radius 1 is 1.23 bits per heavy atom. The fraction of sp³-hybridized carbons (Fsp3) is 0.286. The lowest BCUT2D eigenvalue weighted by Gasteiger charge is -2.09. The molecule has 1 N–H and O–H groups in total. The van der Waals surface area contributed by atoms with Gasteiger partial charge in [0.05, 0.1) is 11.4 Å². The van der Waals surface area contributed by atoms with Crippen molar-refractivity contribution < 1.29 is 18.3 Å². The van der Waals surface area contributed by atoms with E-state index in [2.05, 4.69) is 45.3 Å². The number of nitrogens with zero attached hydrogens (tertiary/aromatic N) is 3. The molecule has 10 heteroatoms. The van der Waals surface area contributed by atoms with Crippen LogP contribution in [0.1, 0.15) is 31.2 Å². The van der Waals surface area contributed by atoms with Gasteiger partial charge in [0, 0.05) is 17.6 Å². The Labute approximate surface area is 191 Å². The van der Waals surface area contributed by atoms with Crippen molar-refractivity contribution in [3.05, 3.63) is 63.9 Å². The van der Waals surface area contributed by atoms with Gasteiger partial charge in [0.25, 0.3) is 0 Å². The van der Waals surface area contributed by atoms with Crippen LogP contribution in [0, 0.1) is 11.6 Å². The zero-order valence-corrected chi connectivity index (χ0v) is 19.6. The van der Waals surface area contributed by atoms with Crippen LogP contribution in [0.15, 0.2) is 46.0 Å². The highest BCUT2D eigenvalue weighted by atomic mass is 79.9. The minimum Gasteiger partial charge on any atom is -0.486 e. The number of hydrogen-bond donors (Lipinski definition) is 1. The number of carbonyl (C=O) groups excluding carboxylic acids is 1. The molecule has 0 atom stereocenters. The lowest BCUT2D eigenvalue weighted by Crippen LogP contribution is -2.16. The lowest BCUT2D eigenvalue weighted by molar-refractivity contribution is -0.113. The monoisotopic (exact) mass is 510 g/mol. The highest BCUT2D eigenvalue weighted by Crippen LogP contribution is 2.27. The Bertz CT molecular complexity index is 1050. The molecule has 0 spiro atoms. The summed E-state index contributed by atoms with van der Waals surface area (Å²) >= 11 is 4.19. The smallest absolute Gasteiger partial charge is 0.234 e. The van der Waals surface area contributed by atoms with E-state index in [-0.39, 0.29) is 22.5 Å². The van der Waals surface area contributed by atoms with Crippen LogP contribution in [0.2, 0.25) is 0 Å². The summed E-state index contributed by atoms with van der Waals surface area (Å²) in [6, 6.07) is 9.67. The summed E-state index contributed by atoms with van der Waals surface area (Å²) in [5.41, 5.74) is 1.12. The Morgan fingerprint density at radius 2 is 1.94 bits per heavy atom. The van der Waals surface area contributed by atoms with E-state index in [4.69, 9.17) is 4.74 Å². The molecule has 3 rings (SSSR count). The Kier molecular flexibility index (Phi) is 7.66. The summed E-state index contributed by atoms with van der Waals surface area (Å²) in [6.07, 6.45) is 0.